The fraction of sp³-hybridized carbons (Fsp3) is 0.417. The van der Waals surface area contributed by atoms with Crippen LogP contribution in [-0.4, -0.2) is 30.7 Å². The fourth-order valence-corrected chi connectivity index (χ4v) is 2.22. The molecule has 4 heteroatoms. The molecule has 0 aromatic heterocycles. The molecule has 1 aliphatic heterocycles. The van der Waals surface area contributed by atoms with Crippen LogP contribution in [0.5, 0.6) is 0 Å². The van der Waals surface area contributed by atoms with Crippen LogP contribution in [0.3, 0.4) is 0 Å². The zero-order valence-corrected chi connectivity index (χ0v) is 9.10. The third-order valence-electron chi connectivity index (χ3n) is 2.99. The summed E-state index contributed by atoms with van der Waals surface area (Å²) in [5.74, 6) is -1.04. The molecule has 0 fully saturated rings. The Labute approximate surface area is 94.7 Å². The molecule has 0 spiro atoms. The van der Waals surface area contributed by atoms with Gasteiger partial charge in [0.15, 0.2) is 0 Å². The van der Waals surface area contributed by atoms with E-state index in [9.17, 15) is 4.79 Å². The number of carbonyl (C=O) groups is 1. The lowest BCUT2D eigenvalue weighted by molar-refractivity contribution is -0.141. The molecule has 86 valence electrons. The maximum absolute atomic E-state index is 11.1. The molecule has 2 rings (SSSR count). The molecule has 0 aliphatic carbocycles. The average molecular weight is 220 g/mol. The normalized spacial score (nSPS) is 19.3. The Bertz CT molecular complexity index is 392. The molecule has 1 aliphatic rings. The summed E-state index contributed by atoms with van der Waals surface area (Å²) in [5, 5.41) is 9.09. The van der Waals surface area contributed by atoms with Crippen molar-refractivity contribution in [3.63, 3.8) is 0 Å². The van der Waals surface area contributed by atoms with E-state index in [-0.39, 0.29) is 5.92 Å². The van der Waals surface area contributed by atoms with Gasteiger partial charge in [-0.1, -0.05) is 18.2 Å². The second kappa shape index (κ2) is 4.53. The minimum absolute atomic E-state index is 0.318. The highest BCUT2D eigenvalue weighted by Crippen LogP contribution is 2.29. The highest BCUT2D eigenvalue weighted by molar-refractivity contribution is 5.73. The molecule has 0 amide bonds. The van der Waals surface area contributed by atoms with Crippen molar-refractivity contribution in [3.05, 3.63) is 29.8 Å². The lowest BCUT2D eigenvalue weighted by atomic mass is 9.92. The van der Waals surface area contributed by atoms with E-state index in [4.69, 9.17) is 10.8 Å². The highest BCUT2D eigenvalue weighted by Gasteiger charge is 2.28. The molecule has 0 saturated heterocycles. The number of hydrogen-bond acceptors (Lipinski definition) is 3. The Hall–Kier alpha value is -1.55. The van der Waals surface area contributed by atoms with E-state index in [0.29, 0.717) is 26.1 Å². The first-order valence-electron chi connectivity index (χ1n) is 5.48. The zero-order valence-electron chi connectivity index (χ0n) is 9.10. The number of nitrogens with zero attached hydrogens (tertiary/aromatic N) is 1. The van der Waals surface area contributed by atoms with Crippen LogP contribution in [-0.2, 0) is 11.2 Å². The van der Waals surface area contributed by atoms with Gasteiger partial charge in [-0.15, -0.1) is 0 Å². The lowest BCUT2D eigenvalue weighted by Gasteiger charge is -2.34. The number of nitrogens with two attached hydrogens (primary N) is 1. The number of carboxylic acid groups (broad SMARTS) is 1. The number of carboxylic acids is 1. The first-order chi connectivity index (χ1) is 7.72. The van der Waals surface area contributed by atoms with Crippen LogP contribution in [0.4, 0.5) is 5.69 Å². The summed E-state index contributed by atoms with van der Waals surface area (Å²) in [6.07, 6.45) is 0.618. The number of para-hydroxylation sites is 1. The Morgan fingerprint density at radius 1 is 1.50 bits per heavy atom. The van der Waals surface area contributed by atoms with Gasteiger partial charge in [0.1, 0.15) is 0 Å². The predicted octanol–water partition coefficient (Wildman–Crippen LogP) is 0.709. The van der Waals surface area contributed by atoms with E-state index >= 15 is 0 Å². The Balaban J connectivity index is 2.29. The van der Waals surface area contributed by atoms with Crippen LogP contribution < -0.4 is 10.6 Å². The van der Waals surface area contributed by atoms with Gasteiger partial charge in [0.25, 0.3) is 0 Å². The van der Waals surface area contributed by atoms with Crippen LogP contribution in [0.2, 0.25) is 0 Å². The first-order valence-corrected chi connectivity index (χ1v) is 5.48. The van der Waals surface area contributed by atoms with Crippen molar-refractivity contribution in [3.8, 4) is 0 Å². The largest absolute Gasteiger partial charge is 0.481 e. The first kappa shape index (κ1) is 11.0. The second-order valence-corrected chi connectivity index (χ2v) is 4.10. The van der Waals surface area contributed by atoms with E-state index in [1.807, 2.05) is 24.3 Å². The van der Waals surface area contributed by atoms with E-state index in [2.05, 4.69) is 4.90 Å². The Morgan fingerprint density at radius 2 is 2.25 bits per heavy atom. The Morgan fingerprint density at radius 3 is 2.94 bits per heavy atom. The van der Waals surface area contributed by atoms with Gasteiger partial charge in [-0.2, -0.15) is 0 Å². The SMILES string of the molecule is NCCN1CC(C(=O)O)Cc2ccccc21. The number of anilines is 1. The molecule has 16 heavy (non-hydrogen) atoms. The molecule has 1 heterocycles. The Kier molecular flexibility index (Phi) is 3.10. The highest BCUT2D eigenvalue weighted by atomic mass is 16.4. The second-order valence-electron chi connectivity index (χ2n) is 4.10. The standard InChI is InChI=1S/C12H16N2O2/c13-5-6-14-8-10(12(15)16)7-9-3-1-2-4-11(9)14/h1-4,10H,5-8,13H2,(H,15,16). The number of fused-ring (bicyclic) bond motifs is 1. The molecule has 1 atom stereocenters. The number of hydrogen-bond donors (Lipinski definition) is 2. The third kappa shape index (κ3) is 2.02. The van der Waals surface area contributed by atoms with Crippen molar-refractivity contribution in [1.82, 2.24) is 0 Å². The van der Waals surface area contributed by atoms with Crippen molar-refractivity contribution in [1.29, 1.82) is 0 Å². The molecule has 1 unspecified atom stereocenters. The van der Waals surface area contributed by atoms with Gasteiger partial charge in [0, 0.05) is 25.3 Å². The van der Waals surface area contributed by atoms with Gasteiger partial charge in [0.2, 0.25) is 0 Å². The fourth-order valence-electron chi connectivity index (χ4n) is 2.22. The summed E-state index contributed by atoms with van der Waals surface area (Å²) >= 11 is 0. The molecule has 0 radical (unpaired) electrons. The van der Waals surface area contributed by atoms with Crippen molar-refractivity contribution < 1.29 is 9.90 Å². The summed E-state index contributed by atoms with van der Waals surface area (Å²) in [6.45, 7) is 1.81. The molecular formula is C12H16N2O2. The predicted molar refractivity (Wildman–Crippen MR) is 62.5 cm³/mol. The van der Waals surface area contributed by atoms with Gasteiger partial charge in [-0.05, 0) is 18.1 Å². The minimum atomic E-state index is -0.725. The summed E-state index contributed by atoms with van der Waals surface area (Å²) < 4.78 is 0. The van der Waals surface area contributed by atoms with Crippen LogP contribution in [0.25, 0.3) is 0 Å². The van der Waals surface area contributed by atoms with E-state index in [0.717, 1.165) is 11.3 Å². The van der Waals surface area contributed by atoms with Crippen LogP contribution in [0.15, 0.2) is 24.3 Å². The minimum Gasteiger partial charge on any atom is -0.481 e. The van der Waals surface area contributed by atoms with Crippen LogP contribution in [0, 0.1) is 5.92 Å². The third-order valence-corrected chi connectivity index (χ3v) is 2.99. The number of benzene rings is 1. The molecule has 1 aromatic carbocycles. The number of aliphatic carboxylic acids is 1. The molecule has 0 saturated carbocycles. The van der Waals surface area contributed by atoms with Gasteiger partial charge in [-0.3, -0.25) is 4.79 Å². The van der Waals surface area contributed by atoms with E-state index in [1.54, 1.807) is 0 Å². The van der Waals surface area contributed by atoms with Crippen molar-refractivity contribution in [2.45, 2.75) is 6.42 Å². The van der Waals surface area contributed by atoms with Crippen LogP contribution >= 0.6 is 0 Å². The summed E-state index contributed by atoms with van der Waals surface area (Å²) in [6, 6.07) is 7.95. The summed E-state index contributed by atoms with van der Waals surface area (Å²) in [7, 11) is 0. The molecular weight excluding hydrogens is 204 g/mol. The lowest BCUT2D eigenvalue weighted by Crippen LogP contribution is -2.41. The molecule has 3 N–H and O–H groups in total. The monoisotopic (exact) mass is 220 g/mol. The van der Waals surface area contributed by atoms with Crippen molar-refractivity contribution in [2.24, 2.45) is 11.7 Å². The zero-order chi connectivity index (χ0) is 11.5. The number of rotatable bonds is 3. The van der Waals surface area contributed by atoms with Crippen molar-refractivity contribution in [2.75, 3.05) is 24.5 Å². The van der Waals surface area contributed by atoms with Gasteiger partial charge in [0.05, 0.1) is 5.92 Å². The maximum atomic E-state index is 11.1. The van der Waals surface area contributed by atoms with Gasteiger partial charge < -0.3 is 15.7 Å². The van der Waals surface area contributed by atoms with E-state index < -0.39 is 5.97 Å². The van der Waals surface area contributed by atoms with E-state index in [1.165, 1.54) is 0 Å². The quantitative estimate of drug-likeness (QED) is 0.787. The molecule has 4 nitrogen and oxygen atoms in total. The van der Waals surface area contributed by atoms with Gasteiger partial charge >= 0.3 is 5.97 Å². The average Bonchev–Trinajstić information content (AvgIpc) is 2.29. The van der Waals surface area contributed by atoms with Crippen molar-refractivity contribution >= 4 is 11.7 Å². The summed E-state index contributed by atoms with van der Waals surface area (Å²) in [4.78, 5) is 13.1. The van der Waals surface area contributed by atoms with Gasteiger partial charge in [-0.25, -0.2) is 0 Å². The maximum Gasteiger partial charge on any atom is 0.308 e. The molecule has 1 aromatic rings. The summed E-state index contributed by atoms with van der Waals surface area (Å²) in [5.41, 5.74) is 7.79. The smallest absolute Gasteiger partial charge is 0.308 e. The topological polar surface area (TPSA) is 66.6 Å². The van der Waals surface area contributed by atoms with Crippen LogP contribution in [0.1, 0.15) is 5.56 Å². The molecule has 0 bridgehead atoms.